The number of anilines is 2. The highest BCUT2D eigenvalue weighted by molar-refractivity contribution is 6.31. The Bertz CT molecular complexity index is 1120. The van der Waals surface area contributed by atoms with Gasteiger partial charge in [-0.25, -0.2) is 0 Å². The Balaban J connectivity index is 1.94. The zero-order valence-electron chi connectivity index (χ0n) is 17.1. The first-order valence-electron chi connectivity index (χ1n) is 9.46. The van der Waals surface area contributed by atoms with Crippen LogP contribution in [0.2, 0.25) is 0 Å². The predicted octanol–water partition coefficient (Wildman–Crippen LogP) is 3.95. The molecule has 0 aliphatic heterocycles. The van der Waals surface area contributed by atoms with Crippen molar-refractivity contribution in [3.05, 3.63) is 89.8 Å². The summed E-state index contributed by atoms with van der Waals surface area (Å²) in [5.41, 5.74) is 1.98. The van der Waals surface area contributed by atoms with Gasteiger partial charge in [0, 0.05) is 42.3 Å². The molecule has 31 heavy (non-hydrogen) atoms. The van der Waals surface area contributed by atoms with Gasteiger partial charge in [-0.3, -0.25) is 19.4 Å². The van der Waals surface area contributed by atoms with Crippen molar-refractivity contribution in [2.75, 3.05) is 17.7 Å². The fraction of sp³-hybridized carbons (Fsp3) is 0.0833. The molecule has 1 aromatic heterocycles. The normalized spacial score (nSPS) is 10.8. The van der Waals surface area contributed by atoms with Crippen LogP contribution in [0.4, 0.5) is 11.4 Å². The molecule has 3 rings (SSSR count). The van der Waals surface area contributed by atoms with Crippen molar-refractivity contribution in [1.29, 1.82) is 0 Å². The summed E-state index contributed by atoms with van der Waals surface area (Å²) >= 11 is 0. The van der Waals surface area contributed by atoms with Crippen LogP contribution in [0.3, 0.4) is 0 Å². The van der Waals surface area contributed by atoms with Gasteiger partial charge in [-0.05, 0) is 48.0 Å². The molecule has 0 aliphatic rings. The molecule has 156 valence electrons. The van der Waals surface area contributed by atoms with Gasteiger partial charge in [-0.15, -0.1) is 0 Å². The highest BCUT2D eigenvalue weighted by atomic mass is 16.5. The van der Waals surface area contributed by atoms with E-state index in [2.05, 4.69) is 15.6 Å². The average molecular weight is 415 g/mol. The molecule has 0 saturated carbocycles. The zero-order chi connectivity index (χ0) is 22.2. The summed E-state index contributed by atoms with van der Waals surface area (Å²) in [6.07, 6.45) is 4.47. The lowest BCUT2D eigenvalue weighted by Crippen LogP contribution is -2.21. The molecular weight excluding hydrogens is 394 g/mol. The number of ketones is 1. The maximum atomic E-state index is 13.1. The summed E-state index contributed by atoms with van der Waals surface area (Å²) in [4.78, 5) is 41.3. The smallest absolute Gasteiger partial charge is 0.259 e. The largest absolute Gasteiger partial charge is 0.497 e. The number of hydrogen-bond donors (Lipinski definition) is 2. The molecule has 0 atom stereocenters. The van der Waals surface area contributed by atoms with Crippen LogP contribution in [-0.4, -0.2) is 29.7 Å². The van der Waals surface area contributed by atoms with E-state index in [4.69, 9.17) is 4.74 Å². The fourth-order valence-corrected chi connectivity index (χ4v) is 2.82. The van der Waals surface area contributed by atoms with E-state index in [-0.39, 0.29) is 11.5 Å². The lowest BCUT2D eigenvalue weighted by Gasteiger charge is -2.10. The van der Waals surface area contributed by atoms with E-state index < -0.39 is 11.7 Å². The number of carbonyl (C=O) groups is 3. The van der Waals surface area contributed by atoms with E-state index >= 15 is 0 Å². The van der Waals surface area contributed by atoms with Gasteiger partial charge in [0.1, 0.15) is 5.75 Å². The Morgan fingerprint density at radius 3 is 2.35 bits per heavy atom. The van der Waals surface area contributed by atoms with E-state index in [0.29, 0.717) is 28.3 Å². The van der Waals surface area contributed by atoms with Gasteiger partial charge in [0.15, 0.2) is 5.78 Å². The highest BCUT2D eigenvalue weighted by Gasteiger charge is 2.20. The molecule has 0 unspecified atom stereocenters. The first-order valence-corrected chi connectivity index (χ1v) is 9.46. The van der Waals surface area contributed by atoms with Crippen LogP contribution in [-0.2, 0) is 9.59 Å². The van der Waals surface area contributed by atoms with Crippen LogP contribution >= 0.6 is 0 Å². The second-order valence-electron chi connectivity index (χ2n) is 6.62. The van der Waals surface area contributed by atoms with Crippen molar-refractivity contribution in [2.45, 2.75) is 6.92 Å². The van der Waals surface area contributed by atoms with Gasteiger partial charge in [0.05, 0.1) is 12.7 Å². The number of Topliss-reactive ketones (excluding diaryl/α,β-unsaturated/α-hetero) is 1. The minimum atomic E-state index is -0.562. The van der Waals surface area contributed by atoms with Gasteiger partial charge < -0.3 is 15.4 Å². The summed E-state index contributed by atoms with van der Waals surface area (Å²) < 4.78 is 5.18. The van der Waals surface area contributed by atoms with E-state index in [1.165, 1.54) is 26.3 Å². The summed E-state index contributed by atoms with van der Waals surface area (Å²) in [6.45, 7) is 1.42. The summed E-state index contributed by atoms with van der Waals surface area (Å²) in [5, 5.41) is 5.41. The van der Waals surface area contributed by atoms with Gasteiger partial charge in [0.2, 0.25) is 5.91 Å². The summed E-state index contributed by atoms with van der Waals surface area (Å²) in [6, 6.07) is 16.9. The number of nitrogens with one attached hydrogen (secondary N) is 2. The Hall–Kier alpha value is -4.26. The van der Waals surface area contributed by atoms with Gasteiger partial charge >= 0.3 is 0 Å². The number of benzene rings is 2. The number of amides is 2. The molecule has 2 aromatic carbocycles. The maximum absolute atomic E-state index is 13.1. The van der Waals surface area contributed by atoms with Crippen LogP contribution in [0.5, 0.6) is 5.75 Å². The Morgan fingerprint density at radius 1 is 0.935 bits per heavy atom. The number of carbonyl (C=O) groups excluding carboxylic acids is 3. The molecule has 0 fully saturated rings. The number of pyridine rings is 1. The van der Waals surface area contributed by atoms with E-state index in [1.807, 2.05) is 0 Å². The Labute approximate surface area is 179 Å². The molecule has 2 N–H and O–H groups in total. The van der Waals surface area contributed by atoms with Crippen molar-refractivity contribution >= 4 is 35.0 Å². The van der Waals surface area contributed by atoms with Crippen LogP contribution in [0.15, 0.2) is 78.6 Å². The van der Waals surface area contributed by atoms with Crippen molar-refractivity contribution in [3.8, 4) is 5.75 Å². The third kappa shape index (κ3) is 5.86. The number of aromatic nitrogens is 1. The zero-order valence-corrected chi connectivity index (χ0v) is 17.1. The second-order valence-corrected chi connectivity index (χ2v) is 6.62. The molecular formula is C24H21N3O4. The van der Waals surface area contributed by atoms with Crippen molar-refractivity contribution in [1.82, 2.24) is 4.98 Å². The summed E-state index contributed by atoms with van der Waals surface area (Å²) in [5.74, 6) is -0.628. The van der Waals surface area contributed by atoms with Crippen molar-refractivity contribution in [3.63, 3.8) is 0 Å². The van der Waals surface area contributed by atoms with E-state index in [9.17, 15) is 14.4 Å². The molecule has 0 aliphatic carbocycles. The Kier molecular flexibility index (Phi) is 6.90. The molecule has 3 aromatic rings. The standard InChI is InChI=1S/C24H21N3O4/c1-16(28)26-19-10-8-17(9-11-19)13-22(23(29)18-5-4-12-25-15-18)24(30)27-20-6-3-7-21(14-20)31-2/h3-15H,1-2H3,(H,26,28)(H,27,30)/b22-13+. The molecule has 7 nitrogen and oxygen atoms in total. The highest BCUT2D eigenvalue weighted by Crippen LogP contribution is 2.20. The molecule has 1 heterocycles. The molecule has 0 spiro atoms. The number of ether oxygens (including phenoxy) is 1. The minimum absolute atomic E-state index is 0.0527. The van der Waals surface area contributed by atoms with E-state index in [0.717, 1.165) is 0 Å². The van der Waals surface area contributed by atoms with Gasteiger partial charge in [0.25, 0.3) is 5.91 Å². The third-order valence-corrected chi connectivity index (χ3v) is 4.28. The van der Waals surface area contributed by atoms with E-state index in [1.54, 1.807) is 66.9 Å². The van der Waals surface area contributed by atoms with Crippen LogP contribution in [0.1, 0.15) is 22.8 Å². The minimum Gasteiger partial charge on any atom is -0.497 e. The monoisotopic (exact) mass is 415 g/mol. The molecule has 0 bridgehead atoms. The Morgan fingerprint density at radius 2 is 1.71 bits per heavy atom. The molecule has 7 heteroatoms. The van der Waals surface area contributed by atoms with Crippen LogP contribution in [0, 0.1) is 0 Å². The number of hydrogen-bond acceptors (Lipinski definition) is 5. The van der Waals surface area contributed by atoms with Crippen molar-refractivity contribution < 1.29 is 19.1 Å². The molecule has 2 amide bonds. The lowest BCUT2D eigenvalue weighted by molar-refractivity contribution is -0.114. The fourth-order valence-electron chi connectivity index (χ4n) is 2.82. The summed E-state index contributed by atoms with van der Waals surface area (Å²) in [7, 11) is 1.53. The predicted molar refractivity (Wildman–Crippen MR) is 119 cm³/mol. The molecule has 0 radical (unpaired) electrons. The number of methoxy groups -OCH3 is 1. The first kappa shape index (κ1) is 21.4. The second kappa shape index (κ2) is 9.98. The number of rotatable bonds is 7. The number of nitrogens with zero attached hydrogens (tertiary/aromatic N) is 1. The van der Waals surface area contributed by atoms with Crippen molar-refractivity contribution in [2.24, 2.45) is 0 Å². The van der Waals surface area contributed by atoms with Crippen LogP contribution < -0.4 is 15.4 Å². The average Bonchev–Trinajstić information content (AvgIpc) is 2.78. The molecule has 0 saturated heterocycles. The quantitative estimate of drug-likeness (QED) is 0.264. The van der Waals surface area contributed by atoms with Gasteiger partial charge in [-0.1, -0.05) is 18.2 Å². The van der Waals surface area contributed by atoms with Gasteiger partial charge in [-0.2, -0.15) is 0 Å². The third-order valence-electron chi connectivity index (χ3n) is 4.28. The first-order chi connectivity index (χ1) is 15.0. The SMILES string of the molecule is COc1cccc(NC(=O)/C(=C/c2ccc(NC(C)=O)cc2)C(=O)c2cccnc2)c1. The topological polar surface area (TPSA) is 97.4 Å². The maximum Gasteiger partial charge on any atom is 0.259 e. The lowest BCUT2D eigenvalue weighted by atomic mass is 10.0. The van der Waals surface area contributed by atoms with Crippen LogP contribution in [0.25, 0.3) is 6.08 Å².